The first-order valence-corrected chi connectivity index (χ1v) is 11.9. The molecule has 5 nitrogen and oxygen atoms in total. The van der Waals surface area contributed by atoms with Crippen LogP contribution >= 0.6 is 11.3 Å². The Bertz CT molecular complexity index is 646. The number of aromatic nitrogens is 1. The van der Waals surface area contributed by atoms with Crippen LogP contribution in [0.1, 0.15) is 66.4 Å². The summed E-state index contributed by atoms with van der Waals surface area (Å²) in [6, 6.07) is 1.13. The predicted molar refractivity (Wildman–Crippen MR) is 108 cm³/mol. The summed E-state index contributed by atoms with van der Waals surface area (Å²) < 4.78 is 0. The number of likely N-dealkylation sites (tertiary alicyclic amines) is 2. The van der Waals surface area contributed by atoms with Crippen molar-refractivity contribution in [3.05, 3.63) is 15.6 Å². The van der Waals surface area contributed by atoms with Gasteiger partial charge in [0.2, 0.25) is 0 Å². The number of piperidine rings is 1. The normalized spacial score (nSPS) is 25.3. The zero-order valence-electron chi connectivity index (χ0n) is 16.4. The fourth-order valence-corrected chi connectivity index (χ4v) is 6.39. The number of thiazole rings is 1. The number of hydrogen-bond donors (Lipinski definition) is 0. The Morgan fingerprint density at radius 3 is 2.26 bits per heavy atom. The van der Waals surface area contributed by atoms with E-state index in [1.54, 1.807) is 4.88 Å². The Kier molecular flexibility index (Phi) is 5.11. The lowest BCUT2D eigenvalue weighted by Crippen LogP contribution is -2.45. The summed E-state index contributed by atoms with van der Waals surface area (Å²) in [6.07, 6.45) is 11.1. The largest absolute Gasteiger partial charge is 0.325 e. The highest BCUT2D eigenvalue weighted by atomic mass is 32.1. The van der Waals surface area contributed by atoms with Crippen LogP contribution < -0.4 is 0 Å². The summed E-state index contributed by atoms with van der Waals surface area (Å²) >= 11 is 1.98. The van der Waals surface area contributed by atoms with Gasteiger partial charge in [0.1, 0.15) is 0 Å². The third kappa shape index (κ3) is 3.63. The van der Waals surface area contributed by atoms with E-state index in [0.29, 0.717) is 5.92 Å². The van der Waals surface area contributed by atoms with E-state index in [2.05, 4.69) is 9.80 Å². The molecule has 0 bridgehead atoms. The lowest BCUT2D eigenvalue weighted by atomic mass is 9.91. The molecular formula is C21H32N4OS. The fraction of sp³-hybridized carbons (Fsp3) is 0.810. The van der Waals surface area contributed by atoms with E-state index < -0.39 is 0 Å². The minimum Gasteiger partial charge on any atom is -0.325 e. The maximum atomic E-state index is 12.6. The van der Waals surface area contributed by atoms with Crippen LogP contribution in [0.25, 0.3) is 0 Å². The van der Waals surface area contributed by atoms with E-state index in [0.717, 1.165) is 51.5 Å². The van der Waals surface area contributed by atoms with Crippen LogP contribution in [0, 0.1) is 0 Å². The molecule has 3 aliphatic heterocycles. The number of rotatable bonds is 2. The monoisotopic (exact) mass is 388 g/mol. The molecule has 1 aromatic heterocycles. The highest BCUT2D eigenvalue weighted by molar-refractivity contribution is 7.11. The number of amides is 2. The van der Waals surface area contributed by atoms with Gasteiger partial charge in [-0.1, -0.05) is 6.42 Å². The molecule has 0 atom stereocenters. The number of carbonyl (C=O) groups is 1. The second kappa shape index (κ2) is 7.70. The SMILES string of the molecule is O=C(N1CCCC1)N1CCC(c2nc3c(s2)CCN(C2CCC2)CC3)CC1. The Morgan fingerprint density at radius 1 is 0.852 bits per heavy atom. The van der Waals surface area contributed by atoms with E-state index in [1.807, 2.05) is 16.2 Å². The van der Waals surface area contributed by atoms with Crippen molar-refractivity contribution >= 4 is 17.4 Å². The quantitative estimate of drug-likeness (QED) is 0.779. The van der Waals surface area contributed by atoms with Crippen LogP contribution in [0.4, 0.5) is 4.79 Å². The minimum atomic E-state index is 0.275. The summed E-state index contributed by atoms with van der Waals surface area (Å²) in [5.41, 5.74) is 1.38. The van der Waals surface area contributed by atoms with Gasteiger partial charge in [-0.25, -0.2) is 9.78 Å². The van der Waals surface area contributed by atoms with E-state index in [9.17, 15) is 4.79 Å². The lowest BCUT2D eigenvalue weighted by Gasteiger charge is -2.36. The van der Waals surface area contributed by atoms with Gasteiger partial charge in [-0.15, -0.1) is 11.3 Å². The summed E-state index contributed by atoms with van der Waals surface area (Å²) in [7, 11) is 0. The predicted octanol–water partition coefficient (Wildman–Crippen LogP) is 3.49. The van der Waals surface area contributed by atoms with E-state index in [4.69, 9.17) is 4.98 Å². The Hall–Kier alpha value is -1.14. The van der Waals surface area contributed by atoms with Crippen LogP contribution in [-0.2, 0) is 12.8 Å². The van der Waals surface area contributed by atoms with Crippen molar-refractivity contribution in [1.29, 1.82) is 0 Å². The molecule has 0 radical (unpaired) electrons. The molecular weight excluding hydrogens is 356 g/mol. The average Bonchev–Trinajstić information content (AvgIpc) is 3.29. The van der Waals surface area contributed by atoms with Gasteiger partial charge in [0.05, 0.1) is 10.7 Å². The molecule has 27 heavy (non-hydrogen) atoms. The fourth-order valence-electron chi connectivity index (χ4n) is 5.12. The zero-order valence-corrected chi connectivity index (χ0v) is 17.2. The second-order valence-electron chi connectivity index (χ2n) is 8.78. The first kappa shape index (κ1) is 17.9. The molecule has 5 rings (SSSR count). The van der Waals surface area contributed by atoms with Crippen LogP contribution in [0.15, 0.2) is 0 Å². The van der Waals surface area contributed by atoms with Gasteiger partial charge in [0.25, 0.3) is 0 Å². The van der Waals surface area contributed by atoms with Crippen LogP contribution in [0.2, 0.25) is 0 Å². The molecule has 4 heterocycles. The van der Waals surface area contributed by atoms with Crippen LogP contribution in [0.5, 0.6) is 0 Å². The van der Waals surface area contributed by atoms with Crippen molar-refractivity contribution in [1.82, 2.24) is 19.7 Å². The van der Waals surface area contributed by atoms with Crippen LogP contribution in [0.3, 0.4) is 0 Å². The van der Waals surface area contributed by atoms with Gasteiger partial charge in [-0.2, -0.15) is 0 Å². The molecule has 1 saturated carbocycles. The van der Waals surface area contributed by atoms with Gasteiger partial charge < -0.3 is 9.80 Å². The molecule has 2 saturated heterocycles. The molecule has 0 unspecified atom stereocenters. The van der Waals surface area contributed by atoms with Crippen molar-refractivity contribution in [2.24, 2.45) is 0 Å². The third-order valence-electron chi connectivity index (χ3n) is 7.14. The molecule has 6 heteroatoms. The van der Waals surface area contributed by atoms with Gasteiger partial charge in [0.15, 0.2) is 0 Å². The smallest absolute Gasteiger partial charge is 0.319 e. The van der Waals surface area contributed by atoms with Crippen LogP contribution in [-0.4, -0.2) is 71.0 Å². The van der Waals surface area contributed by atoms with Gasteiger partial charge >= 0.3 is 6.03 Å². The molecule has 0 aromatic carbocycles. The molecule has 2 amide bonds. The molecule has 1 aromatic rings. The van der Waals surface area contributed by atoms with Gasteiger partial charge in [-0.3, -0.25) is 4.90 Å². The second-order valence-corrected chi connectivity index (χ2v) is 9.90. The topological polar surface area (TPSA) is 39.7 Å². The molecule has 0 N–H and O–H groups in total. The summed E-state index contributed by atoms with van der Waals surface area (Å²) in [6.45, 7) is 6.14. The summed E-state index contributed by atoms with van der Waals surface area (Å²) in [5.74, 6) is 0.562. The number of fused-ring (bicyclic) bond motifs is 1. The molecule has 4 aliphatic rings. The Balaban J connectivity index is 1.17. The number of hydrogen-bond acceptors (Lipinski definition) is 4. The first-order chi connectivity index (χ1) is 13.3. The molecule has 1 aliphatic carbocycles. The number of urea groups is 1. The number of carbonyl (C=O) groups excluding carboxylic acids is 1. The van der Waals surface area contributed by atoms with Crippen molar-refractivity contribution < 1.29 is 4.79 Å². The zero-order chi connectivity index (χ0) is 18.2. The highest BCUT2D eigenvalue weighted by Gasteiger charge is 2.31. The molecule has 148 valence electrons. The number of nitrogens with zero attached hydrogens (tertiary/aromatic N) is 4. The molecule has 0 spiro atoms. The lowest BCUT2D eigenvalue weighted by molar-refractivity contribution is 0.133. The van der Waals surface area contributed by atoms with Crippen molar-refractivity contribution in [2.75, 3.05) is 39.3 Å². The highest BCUT2D eigenvalue weighted by Crippen LogP contribution is 2.35. The minimum absolute atomic E-state index is 0.275. The summed E-state index contributed by atoms with van der Waals surface area (Å²) in [4.78, 5) is 26.1. The first-order valence-electron chi connectivity index (χ1n) is 11.0. The van der Waals surface area contributed by atoms with Gasteiger partial charge in [-0.05, 0) is 44.9 Å². The van der Waals surface area contributed by atoms with E-state index in [-0.39, 0.29) is 6.03 Å². The molecule has 3 fully saturated rings. The Labute approximate surface area is 166 Å². The van der Waals surface area contributed by atoms with E-state index in [1.165, 1.54) is 62.3 Å². The standard InChI is InChI=1S/C21H32N4OS/c26-21(24-10-1-2-11-24)25-12-6-16(7-13-25)20-22-18-8-14-23(17-4-3-5-17)15-9-19(18)27-20/h16-17H,1-15H2. The average molecular weight is 389 g/mol. The van der Waals surface area contributed by atoms with Gasteiger partial charge in [0, 0.05) is 62.5 Å². The maximum absolute atomic E-state index is 12.6. The van der Waals surface area contributed by atoms with Crippen molar-refractivity contribution in [3.8, 4) is 0 Å². The van der Waals surface area contributed by atoms with E-state index >= 15 is 0 Å². The maximum Gasteiger partial charge on any atom is 0.319 e. The van der Waals surface area contributed by atoms with Crippen molar-refractivity contribution in [3.63, 3.8) is 0 Å². The van der Waals surface area contributed by atoms with Crippen molar-refractivity contribution in [2.45, 2.75) is 69.7 Å². The summed E-state index contributed by atoms with van der Waals surface area (Å²) in [5, 5.41) is 1.35. The Morgan fingerprint density at radius 2 is 1.56 bits per heavy atom. The third-order valence-corrected chi connectivity index (χ3v) is 8.46.